The first-order valence-electron chi connectivity index (χ1n) is 7.60. The average Bonchev–Trinajstić information content (AvgIpc) is 2.51. The van der Waals surface area contributed by atoms with Crippen LogP contribution in [0.5, 0.6) is 17.2 Å². The van der Waals surface area contributed by atoms with Gasteiger partial charge in [0, 0.05) is 12.1 Å². The average molecular weight is 317 g/mol. The summed E-state index contributed by atoms with van der Waals surface area (Å²) in [4.78, 5) is 0. The molecular weight excluding hydrogens is 294 g/mol. The minimum Gasteiger partial charge on any atom is -0.508 e. The molecule has 5 N–H and O–H groups in total. The molecule has 3 atom stereocenters. The largest absolute Gasteiger partial charge is 0.508 e. The Kier molecular flexibility index (Phi) is 5.47. The summed E-state index contributed by atoms with van der Waals surface area (Å²) in [5.74, 6) is -0.210. The Balaban J connectivity index is 1.95. The van der Waals surface area contributed by atoms with Gasteiger partial charge in [-0.15, -0.1) is 0 Å². The lowest BCUT2D eigenvalue weighted by Gasteiger charge is -2.25. The van der Waals surface area contributed by atoms with Crippen molar-refractivity contribution in [3.05, 3.63) is 53.6 Å². The van der Waals surface area contributed by atoms with Gasteiger partial charge in [-0.05, 0) is 55.7 Å². The molecule has 0 heterocycles. The van der Waals surface area contributed by atoms with E-state index in [9.17, 15) is 20.4 Å². The molecule has 0 aliphatic carbocycles. The van der Waals surface area contributed by atoms with E-state index in [0.29, 0.717) is 5.56 Å². The number of aromatic hydroxyl groups is 3. The Bertz CT molecular complexity index is 642. The van der Waals surface area contributed by atoms with Crippen LogP contribution in [0.2, 0.25) is 0 Å². The smallest absolute Gasteiger partial charge is 0.157 e. The van der Waals surface area contributed by atoms with Crippen molar-refractivity contribution in [3.8, 4) is 17.2 Å². The van der Waals surface area contributed by atoms with Crippen molar-refractivity contribution < 1.29 is 20.4 Å². The predicted octanol–water partition coefficient (Wildman–Crippen LogP) is 2.45. The molecule has 2 aromatic rings. The highest BCUT2D eigenvalue weighted by molar-refractivity contribution is 5.41. The first-order chi connectivity index (χ1) is 10.9. The number of benzene rings is 2. The van der Waals surface area contributed by atoms with Gasteiger partial charge in [0.15, 0.2) is 11.5 Å². The zero-order valence-corrected chi connectivity index (χ0v) is 13.3. The summed E-state index contributed by atoms with van der Waals surface area (Å²) >= 11 is 0. The fourth-order valence-electron chi connectivity index (χ4n) is 2.60. The fraction of sp³-hybridized carbons (Fsp3) is 0.333. The highest BCUT2D eigenvalue weighted by Gasteiger charge is 2.19. The molecule has 2 rings (SSSR count). The fourth-order valence-corrected chi connectivity index (χ4v) is 2.60. The van der Waals surface area contributed by atoms with E-state index in [1.54, 1.807) is 18.2 Å². The van der Waals surface area contributed by atoms with Crippen molar-refractivity contribution in [2.24, 2.45) is 0 Å². The molecule has 0 aromatic heterocycles. The van der Waals surface area contributed by atoms with E-state index >= 15 is 0 Å². The van der Waals surface area contributed by atoms with E-state index in [0.717, 1.165) is 12.0 Å². The number of rotatable bonds is 6. The normalized spacial score (nSPS) is 15.1. The summed E-state index contributed by atoms with van der Waals surface area (Å²) in [5.41, 5.74) is 1.63. The molecule has 124 valence electrons. The van der Waals surface area contributed by atoms with Gasteiger partial charge in [-0.1, -0.05) is 18.2 Å². The maximum atomic E-state index is 10.4. The second kappa shape index (κ2) is 7.35. The van der Waals surface area contributed by atoms with Crippen LogP contribution in [0, 0.1) is 0 Å². The molecule has 0 radical (unpaired) electrons. The lowest BCUT2D eigenvalue weighted by atomic mass is 10.0. The second-order valence-electron chi connectivity index (χ2n) is 5.92. The topological polar surface area (TPSA) is 93.0 Å². The van der Waals surface area contributed by atoms with E-state index in [2.05, 4.69) is 5.32 Å². The SMILES string of the molecule is CC(Cc1ccc(O)cc1)NC(C)C(O)c1ccc(O)c(O)c1. The summed E-state index contributed by atoms with van der Waals surface area (Å²) in [7, 11) is 0. The first kappa shape index (κ1) is 17.1. The third-order valence-electron chi connectivity index (χ3n) is 3.84. The molecule has 3 unspecified atom stereocenters. The highest BCUT2D eigenvalue weighted by atomic mass is 16.3. The van der Waals surface area contributed by atoms with Gasteiger partial charge in [0.1, 0.15) is 5.75 Å². The molecule has 0 aliphatic rings. The van der Waals surface area contributed by atoms with Crippen molar-refractivity contribution in [3.63, 3.8) is 0 Å². The Morgan fingerprint density at radius 2 is 1.57 bits per heavy atom. The number of phenolic OH excluding ortho intramolecular Hbond substituents is 3. The van der Waals surface area contributed by atoms with Gasteiger partial charge >= 0.3 is 0 Å². The van der Waals surface area contributed by atoms with Gasteiger partial charge in [0.05, 0.1) is 6.10 Å². The van der Waals surface area contributed by atoms with Crippen LogP contribution in [-0.2, 0) is 6.42 Å². The van der Waals surface area contributed by atoms with E-state index < -0.39 is 6.10 Å². The van der Waals surface area contributed by atoms with Crippen molar-refractivity contribution in [2.75, 3.05) is 0 Å². The van der Waals surface area contributed by atoms with Crippen molar-refractivity contribution >= 4 is 0 Å². The minimum absolute atomic E-state index is 0.120. The van der Waals surface area contributed by atoms with E-state index in [4.69, 9.17) is 0 Å². The molecule has 0 aliphatic heterocycles. The third-order valence-corrected chi connectivity index (χ3v) is 3.84. The molecule has 2 aromatic carbocycles. The van der Waals surface area contributed by atoms with Crippen LogP contribution in [0.25, 0.3) is 0 Å². The monoisotopic (exact) mass is 317 g/mol. The standard InChI is InChI=1S/C18H23NO4/c1-11(9-13-3-6-15(20)7-4-13)19-12(2)18(23)14-5-8-16(21)17(22)10-14/h3-8,10-12,18-23H,9H2,1-2H3. The van der Waals surface area contributed by atoms with E-state index in [1.807, 2.05) is 26.0 Å². The van der Waals surface area contributed by atoms with Gasteiger partial charge in [-0.25, -0.2) is 0 Å². The lowest BCUT2D eigenvalue weighted by molar-refractivity contribution is 0.130. The van der Waals surface area contributed by atoms with Crippen molar-refractivity contribution in [1.29, 1.82) is 0 Å². The molecule has 0 saturated carbocycles. The molecular formula is C18H23NO4. The van der Waals surface area contributed by atoms with Crippen LogP contribution in [-0.4, -0.2) is 32.5 Å². The Hall–Kier alpha value is -2.24. The van der Waals surface area contributed by atoms with Crippen LogP contribution in [0.15, 0.2) is 42.5 Å². The van der Waals surface area contributed by atoms with E-state index in [1.165, 1.54) is 12.1 Å². The summed E-state index contributed by atoms with van der Waals surface area (Å²) in [6.45, 7) is 3.88. The maximum absolute atomic E-state index is 10.4. The predicted molar refractivity (Wildman–Crippen MR) is 88.6 cm³/mol. The molecule has 0 fully saturated rings. The molecule has 5 heteroatoms. The maximum Gasteiger partial charge on any atom is 0.157 e. The zero-order chi connectivity index (χ0) is 17.0. The molecule has 5 nitrogen and oxygen atoms in total. The molecule has 0 bridgehead atoms. The lowest BCUT2D eigenvalue weighted by Crippen LogP contribution is -2.39. The summed E-state index contributed by atoms with van der Waals surface area (Å²) < 4.78 is 0. The Morgan fingerprint density at radius 1 is 0.913 bits per heavy atom. The summed E-state index contributed by atoms with van der Waals surface area (Å²) in [5, 5.41) is 41.8. The number of hydrogen-bond acceptors (Lipinski definition) is 5. The van der Waals surface area contributed by atoms with Crippen LogP contribution in [0.3, 0.4) is 0 Å². The molecule has 0 saturated heterocycles. The highest BCUT2D eigenvalue weighted by Crippen LogP contribution is 2.29. The van der Waals surface area contributed by atoms with Crippen LogP contribution >= 0.6 is 0 Å². The first-order valence-corrected chi connectivity index (χ1v) is 7.60. The Morgan fingerprint density at radius 3 is 2.17 bits per heavy atom. The molecule has 23 heavy (non-hydrogen) atoms. The van der Waals surface area contributed by atoms with Crippen molar-refractivity contribution in [1.82, 2.24) is 5.32 Å². The van der Waals surface area contributed by atoms with Gasteiger partial charge in [-0.2, -0.15) is 0 Å². The number of phenols is 3. The van der Waals surface area contributed by atoms with Gasteiger partial charge in [-0.3, -0.25) is 0 Å². The number of nitrogens with one attached hydrogen (secondary N) is 1. The molecule has 0 spiro atoms. The zero-order valence-electron chi connectivity index (χ0n) is 13.3. The van der Waals surface area contributed by atoms with Gasteiger partial charge < -0.3 is 25.7 Å². The van der Waals surface area contributed by atoms with Crippen LogP contribution < -0.4 is 5.32 Å². The minimum atomic E-state index is -0.802. The quantitative estimate of drug-likeness (QED) is 0.528. The number of aliphatic hydroxyl groups is 1. The number of hydrogen-bond donors (Lipinski definition) is 5. The summed E-state index contributed by atoms with van der Waals surface area (Å²) in [6.07, 6.45) is -0.0400. The van der Waals surface area contributed by atoms with Gasteiger partial charge in [0.2, 0.25) is 0 Å². The van der Waals surface area contributed by atoms with Crippen LogP contribution in [0.1, 0.15) is 31.1 Å². The number of aliphatic hydroxyl groups excluding tert-OH is 1. The van der Waals surface area contributed by atoms with E-state index in [-0.39, 0.29) is 29.3 Å². The van der Waals surface area contributed by atoms with Crippen molar-refractivity contribution in [2.45, 2.75) is 38.5 Å². The third kappa shape index (κ3) is 4.61. The molecule has 0 amide bonds. The van der Waals surface area contributed by atoms with Crippen LogP contribution in [0.4, 0.5) is 0 Å². The Labute approximate surface area is 135 Å². The second-order valence-corrected chi connectivity index (χ2v) is 5.92. The summed E-state index contributed by atoms with van der Waals surface area (Å²) in [6, 6.07) is 11.2. The van der Waals surface area contributed by atoms with Gasteiger partial charge in [0.25, 0.3) is 0 Å².